The summed E-state index contributed by atoms with van der Waals surface area (Å²) in [6, 6.07) is -11.8. The number of rotatable bonds is 37. The maximum Gasteiger partial charge on any atom is 0.326 e. The average molecular weight is 975 g/mol. The van der Waals surface area contributed by atoms with Crippen LogP contribution in [0.5, 0.6) is 0 Å². The van der Waals surface area contributed by atoms with Crippen molar-refractivity contribution >= 4 is 59.2 Å². The molecule has 0 aromatic carbocycles. The number of hydrogen-bond acceptors (Lipinski definition) is 16. The summed E-state index contributed by atoms with van der Waals surface area (Å²) >= 11 is 0. The van der Waals surface area contributed by atoms with Gasteiger partial charge in [0, 0.05) is 12.8 Å². The Kier molecular flexibility index (Phi) is 31.1. The Morgan fingerprint density at radius 3 is 1.18 bits per heavy atom. The molecule has 0 aliphatic rings. The van der Waals surface area contributed by atoms with Crippen LogP contribution in [0.25, 0.3) is 0 Å². The van der Waals surface area contributed by atoms with Crippen LogP contribution in [0.1, 0.15) is 118 Å². The maximum atomic E-state index is 14.0. The van der Waals surface area contributed by atoms with Crippen molar-refractivity contribution in [3.63, 3.8) is 0 Å². The number of amides is 8. The standard InChI is InChI=1S/C42H78N12O14/c1-22(2)21-30(52-35(60)25(46)11-5-8-18-43)39(64)49-26(12-6-9-19-44)36(61)48-27(13-7-10-20-45)37(62)53-33(23(3)55)40(65)50-28(15-17-32(58)59)38(63)54-34(24(4)56)41(66)51-29(42(67)68)14-16-31(47)57/h22-30,33-34,55-56H,5-21,43-46H2,1-4H3,(H2,47,57)(H,48,61)(H,49,64)(H,50,65)(H,51,66)(H,52,60)(H,53,62)(H,54,63)(H,58,59)(H,67,68). The van der Waals surface area contributed by atoms with E-state index in [0.29, 0.717) is 45.1 Å². The Labute approximate surface area is 396 Å². The summed E-state index contributed by atoms with van der Waals surface area (Å²) in [7, 11) is 0. The van der Waals surface area contributed by atoms with Gasteiger partial charge in [-0.2, -0.15) is 0 Å². The first-order valence-electron chi connectivity index (χ1n) is 23.0. The van der Waals surface area contributed by atoms with Gasteiger partial charge in [-0.1, -0.05) is 20.3 Å². The van der Waals surface area contributed by atoms with Crippen LogP contribution in [-0.4, -0.2) is 160 Å². The lowest BCUT2D eigenvalue weighted by atomic mass is 10.0. The molecular weight excluding hydrogens is 897 g/mol. The summed E-state index contributed by atoms with van der Waals surface area (Å²) < 4.78 is 0. The molecule has 8 amide bonds. The zero-order valence-corrected chi connectivity index (χ0v) is 39.6. The lowest BCUT2D eigenvalue weighted by Crippen LogP contribution is -2.62. The Morgan fingerprint density at radius 2 is 0.794 bits per heavy atom. The number of nitrogens with one attached hydrogen (secondary N) is 7. The molecule has 0 aliphatic heterocycles. The maximum absolute atomic E-state index is 14.0. The van der Waals surface area contributed by atoms with Gasteiger partial charge < -0.3 is 86.3 Å². The highest BCUT2D eigenvalue weighted by atomic mass is 16.4. The topological polar surface area (TPSA) is 466 Å². The minimum Gasteiger partial charge on any atom is -0.481 e. The summed E-state index contributed by atoms with van der Waals surface area (Å²) in [5.41, 5.74) is 28.1. The van der Waals surface area contributed by atoms with Crippen LogP contribution in [0.2, 0.25) is 0 Å². The highest BCUT2D eigenvalue weighted by Crippen LogP contribution is 2.11. The fourth-order valence-electron chi connectivity index (χ4n) is 6.61. The van der Waals surface area contributed by atoms with Crippen molar-refractivity contribution in [2.75, 3.05) is 19.6 Å². The molecule has 0 radical (unpaired) electrons. The monoisotopic (exact) mass is 975 g/mol. The fourth-order valence-corrected chi connectivity index (χ4v) is 6.61. The quantitative estimate of drug-likeness (QED) is 0.0260. The number of carboxylic acids is 2. The van der Waals surface area contributed by atoms with Crippen molar-refractivity contribution in [3.05, 3.63) is 0 Å². The van der Waals surface area contributed by atoms with Gasteiger partial charge in [0.05, 0.1) is 18.2 Å². The second-order valence-corrected chi connectivity index (χ2v) is 17.1. The van der Waals surface area contributed by atoms with Gasteiger partial charge in [-0.15, -0.1) is 0 Å². The molecule has 21 N–H and O–H groups in total. The van der Waals surface area contributed by atoms with Crippen molar-refractivity contribution in [1.82, 2.24) is 37.2 Å². The summed E-state index contributed by atoms with van der Waals surface area (Å²) in [6.07, 6.45) is -2.26. The minimum absolute atomic E-state index is 0.0435. The summed E-state index contributed by atoms with van der Waals surface area (Å²) in [6.45, 7) is 6.76. The van der Waals surface area contributed by atoms with Crippen LogP contribution in [0.4, 0.5) is 0 Å². The molecule has 0 heterocycles. The van der Waals surface area contributed by atoms with E-state index < -0.39 is 145 Å². The summed E-state index contributed by atoms with van der Waals surface area (Å²) in [5.74, 6) is -10.6. The van der Waals surface area contributed by atoms with E-state index in [1.165, 1.54) is 0 Å². The molecule has 0 saturated carbocycles. The highest BCUT2D eigenvalue weighted by Gasteiger charge is 2.37. The highest BCUT2D eigenvalue weighted by molar-refractivity contribution is 5.98. The van der Waals surface area contributed by atoms with Gasteiger partial charge in [0.2, 0.25) is 47.3 Å². The van der Waals surface area contributed by atoms with Crippen molar-refractivity contribution in [2.45, 2.75) is 178 Å². The molecule has 0 spiro atoms. The SMILES string of the molecule is CC(C)CC(NC(=O)C(N)CCCCN)C(=O)NC(CCCCN)C(=O)NC(CCCCN)C(=O)NC(C(=O)NC(CCC(=O)O)C(=O)NC(C(=O)NC(CCC(N)=O)C(=O)O)C(C)O)C(C)O. The average Bonchev–Trinajstić information content (AvgIpc) is 3.25. The van der Waals surface area contributed by atoms with E-state index in [-0.39, 0.29) is 44.7 Å². The van der Waals surface area contributed by atoms with Gasteiger partial charge in [0.25, 0.3) is 0 Å². The number of carboxylic acid groups (broad SMARTS) is 2. The second-order valence-electron chi connectivity index (χ2n) is 17.1. The third-order valence-corrected chi connectivity index (χ3v) is 10.5. The van der Waals surface area contributed by atoms with Crippen molar-refractivity contribution in [1.29, 1.82) is 0 Å². The predicted octanol–water partition coefficient (Wildman–Crippen LogP) is -4.88. The molecule has 390 valence electrons. The molecule has 0 fully saturated rings. The van der Waals surface area contributed by atoms with Gasteiger partial charge >= 0.3 is 11.9 Å². The van der Waals surface area contributed by atoms with Gasteiger partial charge in [-0.05, 0) is 110 Å². The molecule has 26 nitrogen and oxygen atoms in total. The first-order chi connectivity index (χ1) is 31.9. The van der Waals surface area contributed by atoms with E-state index in [1.807, 2.05) is 13.8 Å². The third-order valence-electron chi connectivity index (χ3n) is 10.5. The van der Waals surface area contributed by atoms with Crippen LogP contribution in [0.3, 0.4) is 0 Å². The van der Waals surface area contributed by atoms with Crippen LogP contribution >= 0.6 is 0 Å². The number of aliphatic hydroxyl groups excluding tert-OH is 2. The molecule has 0 aromatic rings. The lowest BCUT2D eigenvalue weighted by molar-refractivity contribution is -0.143. The van der Waals surface area contributed by atoms with E-state index in [9.17, 15) is 68.4 Å². The third kappa shape index (κ3) is 25.6. The Balaban J connectivity index is 6.54. The molecule has 10 atom stereocenters. The van der Waals surface area contributed by atoms with Gasteiger partial charge in [0.1, 0.15) is 42.3 Å². The molecule has 26 heteroatoms. The van der Waals surface area contributed by atoms with Crippen molar-refractivity contribution in [3.8, 4) is 0 Å². The normalized spacial score (nSPS) is 15.6. The van der Waals surface area contributed by atoms with Crippen LogP contribution in [-0.2, 0) is 47.9 Å². The number of nitrogens with two attached hydrogens (primary N) is 5. The molecule has 0 aromatic heterocycles. The van der Waals surface area contributed by atoms with E-state index in [2.05, 4.69) is 37.2 Å². The smallest absolute Gasteiger partial charge is 0.326 e. The van der Waals surface area contributed by atoms with Crippen LogP contribution < -0.4 is 65.9 Å². The zero-order valence-electron chi connectivity index (χ0n) is 39.6. The molecule has 68 heavy (non-hydrogen) atoms. The lowest BCUT2D eigenvalue weighted by Gasteiger charge is -2.29. The molecule has 0 saturated heterocycles. The number of aliphatic hydroxyl groups is 2. The van der Waals surface area contributed by atoms with E-state index in [1.54, 1.807) is 0 Å². The summed E-state index contributed by atoms with van der Waals surface area (Å²) in [5, 5.41) is 56.7. The first kappa shape index (κ1) is 62.5. The molecular formula is C42H78N12O14. The number of primary amides is 1. The number of hydrogen-bond donors (Lipinski definition) is 16. The Hall–Kier alpha value is -5.54. The van der Waals surface area contributed by atoms with E-state index in [0.717, 1.165) is 13.8 Å². The van der Waals surface area contributed by atoms with E-state index >= 15 is 0 Å². The first-order valence-corrected chi connectivity index (χ1v) is 23.0. The van der Waals surface area contributed by atoms with E-state index in [4.69, 9.17) is 28.7 Å². The molecule has 0 bridgehead atoms. The van der Waals surface area contributed by atoms with Crippen molar-refractivity contribution < 1.29 is 68.4 Å². The minimum atomic E-state index is -1.87. The largest absolute Gasteiger partial charge is 0.481 e. The molecule has 0 rings (SSSR count). The predicted molar refractivity (Wildman–Crippen MR) is 246 cm³/mol. The number of carbonyl (C=O) groups excluding carboxylic acids is 8. The Morgan fingerprint density at radius 1 is 0.441 bits per heavy atom. The van der Waals surface area contributed by atoms with Crippen molar-refractivity contribution in [2.24, 2.45) is 34.6 Å². The number of carbonyl (C=O) groups is 10. The molecule has 0 aliphatic carbocycles. The zero-order chi connectivity index (χ0) is 52.1. The Bertz CT molecular complexity index is 1650. The summed E-state index contributed by atoms with van der Waals surface area (Å²) in [4.78, 5) is 129. The van der Waals surface area contributed by atoms with Gasteiger partial charge in [-0.25, -0.2) is 4.79 Å². The number of aliphatic carboxylic acids is 2. The fraction of sp³-hybridized carbons (Fsp3) is 0.762. The van der Waals surface area contributed by atoms with Crippen LogP contribution in [0, 0.1) is 5.92 Å². The van der Waals surface area contributed by atoms with Gasteiger partial charge in [0.15, 0.2) is 0 Å². The van der Waals surface area contributed by atoms with Gasteiger partial charge in [-0.3, -0.25) is 43.2 Å². The second kappa shape index (κ2) is 33.9. The van der Waals surface area contributed by atoms with Crippen LogP contribution in [0.15, 0.2) is 0 Å². The molecule has 10 unspecified atom stereocenters. The number of unbranched alkanes of at least 4 members (excludes halogenated alkanes) is 3.